The van der Waals surface area contributed by atoms with Crippen molar-refractivity contribution in [2.75, 3.05) is 5.62 Å². The Labute approximate surface area is 149 Å². The molecule has 0 saturated carbocycles. The van der Waals surface area contributed by atoms with E-state index >= 15 is 0 Å². The molecular weight excluding hydrogens is 365 g/mol. The molecule has 0 spiro atoms. The summed E-state index contributed by atoms with van der Waals surface area (Å²) in [4.78, 5) is 0. The van der Waals surface area contributed by atoms with Crippen LogP contribution in [-0.2, 0) is 9.19 Å². The molecule has 0 radical (unpaired) electrons. The van der Waals surface area contributed by atoms with Crippen molar-refractivity contribution in [1.29, 1.82) is 0 Å². The molecule has 0 aliphatic heterocycles. The Morgan fingerprint density at radius 1 is 0.960 bits per heavy atom. The molecule has 3 N–H and O–H groups in total. The van der Waals surface area contributed by atoms with Crippen molar-refractivity contribution in [3.05, 3.63) is 60.7 Å². The van der Waals surface area contributed by atoms with Crippen LogP contribution in [0.15, 0.2) is 60.7 Å². The second kappa shape index (κ2) is 7.33. The molecule has 0 heterocycles. The van der Waals surface area contributed by atoms with Gasteiger partial charge in [0.15, 0.2) is 0 Å². The average Bonchev–Trinajstić information content (AvgIpc) is 2.65. The number of rotatable bonds is 6. The first-order valence-corrected chi connectivity index (χ1v) is 9.52. The smallest absolute Gasteiger partial charge is 0.409 e. The van der Waals surface area contributed by atoms with Gasteiger partial charge in [-0.15, -0.1) is 11.6 Å². The molecule has 1 atom stereocenters. The number of phenols is 1. The lowest BCUT2D eigenvalue weighted by atomic mass is 10.1. The minimum absolute atomic E-state index is 0.185. The van der Waals surface area contributed by atoms with Crippen LogP contribution in [0.3, 0.4) is 0 Å². The highest BCUT2D eigenvalue weighted by Gasteiger charge is 2.24. The first-order valence-electron chi connectivity index (χ1n) is 7.26. The third-order valence-corrected chi connectivity index (χ3v) is 5.45. The zero-order chi connectivity index (χ0) is 17.9. The lowest BCUT2D eigenvalue weighted by Gasteiger charge is -2.14. The van der Waals surface area contributed by atoms with E-state index < -0.39 is 7.60 Å². The first-order chi connectivity index (χ1) is 12.0. The number of ether oxygens (including phenoxy) is 1. The fourth-order valence-corrected chi connectivity index (χ4v) is 3.18. The van der Waals surface area contributed by atoms with Gasteiger partial charge in [0.2, 0.25) is 0 Å². The van der Waals surface area contributed by atoms with Gasteiger partial charge >= 0.3 is 7.60 Å². The molecule has 130 valence electrons. The van der Waals surface area contributed by atoms with Gasteiger partial charge in [0.25, 0.3) is 0 Å². The molecule has 0 amide bonds. The van der Waals surface area contributed by atoms with E-state index in [0.29, 0.717) is 16.9 Å². The summed E-state index contributed by atoms with van der Waals surface area (Å²) in [5.74, 6) is 6.56. The van der Waals surface area contributed by atoms with Gasteiger partial charge in [-0.1, -0.05) is 24.3 Å². The van der Waals surface area contributed by atoms with Crippen LogP contribution in [0, 0.1) is 0 Å². The summed E-state index contributed by atoms with van der Waals surface area (Å²) in [5, 5.41) is 11.4. The van der Waals surface area contributed by atoms with E-state index in [4.69, 9.17) is 26.8 Å². The van der Waals surface area contributed by atoms with Gasteiger partial charge in [-0.25, -0.2) is 15.1 Å². The molecule has 0 aliphatic carbocycles. The highest BCUT2D eigenvalue weighted by Crippen LogP contribution is 2.47. The van der Waals surface area contributed by atoms with Crippen molar-refractivity contribution in [1.82, 2.24) is 0 Å². The Morgan fingerprint density at radius 2 is 1.60 bits per heavy atom. The van der Waals surface area contributed by atoms with Crippen LogP contribution < -0.4 is 15.2 Å². The highest BCUT2D eigenvalue weighted by atomic mass is 35.5. The van der Waals surface area contributed by atoms with Gasteiger partial charge in [0, 0.05) is 10.8 Å². The van der Waals surface area contributed by atoms with E-state index in [0.717, 1.165) is 5.39 Å². The van der Waals surface area contributed by atoms with E-state index in [-0.39, 0.29) is 17.1 Å². The molecule has 0 aromatic heterocycles. The molecule has 3 aromatic rings. The number of nitrogens with two attached hydrogens (primary N) is 1. The number of aromatic hydroxyl groups is 1. The Balaban J connectivity index is 1.83. The van der Waals surface area contributed by atoms with Crippen molar-refractivity contribution >= 4 is 30.0 Å². The number of hydrogen-bond acceptors (Lipinski definition) is 6. The Kier molecular flexibility index (Phi) is 5.16. The molecule has 1 unspecified atom stereocenters. The minimum atomic E-state index is -3.55. The van der Waals surface area contributed by atoms with Crippen LogP contribution in [0.25, 0.3) is 10.8 Å². The maximum absolute atomic E-state index is 11.9. The number of phenolic OH excluding ortho intramolecular Hbond substituents is 1. The fraction of sp³-hybridized carbons (Fsp3) is 0.0588. The molecular formula is C17H15ClNO5P. The van der Waals surface area contributed by atoms with Gasteiger partial charge in [-0.2, -0.15) is 0 Å². The van der Waals surface area contributed by atoms with Crippen LogP contribution in [0.2, 0.25) is 0 Å². The van der Waals surface area contributed by atoms with Gasteiger partial charge in [0.05, 0.1) is 0 Å². The summed E-state index contributed by atoms with van der Waals surface area (Å²) in [5.41, 5.74) is -0.360. The summed E-state index contributed by atoms with van der Waals surface area (Å²) in [7, 11) is -3.55. The van der Waals surface area contributed by atoms with Crippen LogP contribution in [0.5, 0.6) is 23.0 Å². The second-order valence-corrected chi connectivity index (χ2v) is 7.70. The highest BCUT2D eigenvalue weighted by molar-refractivity contribution is 7.55. The van der Waals surface area contributed by atoms with Crippen molar-refractivity contribution < 1.29 is 23.6 Å². The van der Waals surface area contributed by atoms with E-state index in [1.165, 1.54) is 0 Å². The number of alkyl halides is 1. The number of hydrogen-bond donors (Lipinski definition) is 2. The van der Waals surface area contributed by atoms with Gasteiger partial charge in [0.1, 0.15) is 28.6 Å². The molecule has 3 rings (SSSR count). The predicted molar refractivity (Wildman–Crippen MR) is 96.4 cm³/mol. The van der Waals surface area contributed by atoms with Crippen molar-refractivity contribution in [2.45, 2.75) is 0 Å². The standard InChI is InChI=1S/C17H15ClNO5P/c18-11-25(21,24-19)23-13-7-5-12(6-8-13)22-17-10-9-16(20)14-3-1-2-4-15(14)17/h1-10,20H,11,19H2. The Morgan fingerprint density at radius 3 is 2.24 bits per heavy atom. The normalized spacial score (nSPS) is 13.4. The topological polar surface area (TPSA) is 91.0 Å². The van der Waals surface area contributed by atoms with Crippen molar-refractivity contribution in [2.24, 2.45) is 5.90 Å². The predicted octanol–water partition coefficient (Wildman–Crippen LogP) is 5.00. The summed E-state index contributed by atoms with van der Waals surface area (Å²) in [6.07, 6.45) is 0. The third kappa shape index (κ3) is 3.89. The average molecular weight is 380 g/mol. The van der Waals surface area contributed by atoms with Crippen LogP contribution in [0.4, 0.5) is 0 Å². The molecule has 25 heavy (non-hydrogen) atoms. The molecule has 8 heteroatoms. The van der Waals surface area contributed by atoms with Crippen LogP contribution in [0.1, 0.15) is 0 Å². The summed E-state index contributed by atoms with van der Waals surface area (Å²) in [6, 6.07) is 17.1. The van der Waals surface area contributed by atoms with Crippen LogP contribution >= 0.6 is 19.2 Å². The van der Waals surface area contributed by atoms with Crippen LogP contribution in [-0.4, -0.2) is 10.7 Å². The fourth-order valence-electron chi connectivity index (χ4n) is 2.27. The van der Waals surface area contributed by atoms with Crippen molar-refractivity contribution in [3.63, 3.8) is 0 Å². The van der Waals surface area contributed by atoms with Crippen molar-refractivity contribution in [3.8, 4) is 23.0 Å². The molecule has 6 nitrogen and oxygen atoms in total. The maximum Gasteiger partial charge on any atom is 0.409 e. The Bertz CT molecular complexity index is 924. The number of fused-ring (bicyclic) bond motifs is 1. The number of benzene rings is 3. The zero-order valence-electron chi connectivity index (χ0n) is 13.0. The summed E-state index contributed by atoms with van der Waals surface area (Å²) >= 11 is 5.53. The molecule has 0 fully saturated rings. The largest absolute Gasteiger partial charge is 0.507 e. The molecule has 0 saturated heterocycles. The SMILES string of the molecule is NOP(=O)(CCl)Oc1ccc(Oc2ccc(O)c3ccccc23)cc1. The van der Waals surface area contributed by atoms with E-state index in [1.54, 1.807) is 36.4 Å². The minimum Gasteiger partial charge on any atom is -0.507 e. The van der Waals surface area contributed by atoms with Gasteiger partial charge in [-0.3, -0.25) is 0 Å². The third-order valence-electron chi connectivity index (χ3n) is 3.46. The first kappa shape index (κ1) is 17.6. The second-order valence-electron chi connectivity index (χ2n) is 5.13. The molecule has 0 aliphatic rings. The van der Waals surface area contributed by atoms with E-state index in [9.17, 15) is 9.67 Å². The summed E-state index contributed by atoms with van der Waals surface area (Å²) in [6.45, 7) is 0. The quantitative estimate of drug-likeness (QED) is 0.356. The Hall–Kier alpha value is -2.24. The van der Waals surface area contributed by atoms with E-state index in [1.807, 2.05) is 24.3 Å². The zero-order valence-corrected chi connectivity index (χ0v) is 14.6. The number of halogens is 1. The van der Waals surface area contributed by atoms with E-state index in [2.05, 4.69) is 4.62 Å². The van der Waals surface area contributed by atoms with Gasteiger partial charge in [-0.05, 0) is 36.4 Å². The monoisotopic (exact) mass is 379 g/mol. The van der Waals surface area contributed by atoms with Gasteiger partial charge < -0.3 is 14.4 Å². The lowest BCUT2D eigenvalue weighted by Crippen LogP contribution is -2.04. The summed E-state index contributed by atoms with van der Waals surface area (Å²) < 4.78 is 27.3. The molecule has 0 bridgehead atoms. The maximum atomic E-state index is 11.9. The lowest BCUT2D eigenvalue weighted by molar-refractivity contribution is 0.277. The molecule has 3 aromatic carbocycles.